The van der Waals surface area contributed by atoms with E-state index in [9.17, 15) is 13.2 Å². The zero-order valence-electron chi connectivity index (χ0n) is 15.3. The topological polar surface area (TPSA) is 69.7 Å². The lowest BCUT2D eigenvalue weighted by molar-refractivity contribution is -0.146. The zero-order chi connectivity index (χ0) is 20.0. The second-order valence-electron chi connectivity index (χ2n) is 6.23. The van der Waals surface area contributed by atoms with E-state index in [0.717, 1.165) is 5.56 Å². The van der Waals surface area contributed by atoms with E-state index in [0.29, 0.717) is 5.56 Å². The molecule has 6 heteroatoms. The van der Waals surface area contributed by atoms with Gasteiger partial charge in [-0.3, -0.25) is 4.79 Å². The van der Waals surface area contributed by atoms with Crippen molar-refractivity contribution in [2.24, 2.45) is 0 Å². The molecule has 0 amide bonds. The van der Waals surface area contributed by atoms with Gasteiger partial charge in [-0.25, -0.2) is 0 Å². The molecule has 3 aromatic rings. The van der Waals surface area contributed by atoms with Crippen LogP contribution in [0.5, 0.6) is 5.75 Å². The summed E-state index contributed by atoms with van der Waals surface area (Å²) < 4.78 is 35.0. The van der Waals surface area contributed by atoms with E-state index in [2.05, 4.69) is 0 Å². The van der Waals surface area contributed by atoms with Crippen LogP contribution in [0.1, 0.15) is 24.0 Å². The molecule has 144 valence electrons. The number of benzene rings is 3. The molecule has 0 aliphatic rings. The fourth-order valence-corrected chi connectivity index (χ4v) is 3.51. The van der Waals surface area contributed by atoms with Crippen molar-refractivity contribution in [3.05, 3.63) is 96.1 Å². The second-order valence-corrected chi connectivity index (χ2v) is 7.78. The van der Waals surface area contributed by atoms with Crippen molar-refractivity contribution in [2.45, 2.75) is 24.3 Å². The highest BCUT2D eigenvalue weighted by Crippen LogP contribution is 2.23. The van der Waals surface area contributed by atoms with Gasteiger partial charge in [0.1, 0.15) is 17.3 Å². The van der Waals surface area contributed by atoms with Crippen LogP contribution < -0.4 is 4.18 Å². The van der Waals surface area contributed by atoms with E-state index in [1.807, 2.05) is 30.3 Å². The maximum Gasteiger partial charge on any atom is 0.339 e. The summed E-state index contributed by atoms with van der Waals surface area (Å²) in [5.74, 6) is -0.657. The molecule has 0 aliphatic heterocycles. The van der Waals surface area contributed by atoms with Crippen LogP contribution in [0.3, 0.4) is 0 Å². The van der Waals surface area contributed by atoms with Gasteiger partial charge in [0, 0.05) is 0 Å². The summed E-state index contributed by atoms with van der Waals surface area (Å²) in [6.07, 6.45) is 0. The molecule has 0 heterocycles. The summed E-state index contributed by atoms with van der Waals surface area (Å²) in [4.78, 5) is 12.3. The highest BCUT2D eigenvalue weighted by Gasteiger charge is 2.19. The minimum absolute atomic E-state index is 0.0805. The van der Waals surface area contributed by atoms with Crippen LogP contribution in [0, 0.1) is 0 Å². The lowest BCUT2D eigenvalue weighted by Gasteiger charge is -2.13. The predicted molar refractivity (Wildman–Crippen MR) is 105 cm³/mol. The van der Waals surface area contributed by atoms with E-state index in [-0.39, 0.29) is 23.2 Å². The van der Waals surface area contributed by atoms with Crippen molar-refractivity contribution in [3.63, 3.8) is 0 Å². The summed E-state index contributed by atoms with van der Waals surface area (Å²) in [5.41, 5.74) is 1.63. The third-order valence-corrected chi connectivity index (χ3v) is 5.46. The van der Waals surface area contributed by atoms with Gasteiger partial charge in [0.2, 0.25) is 0 Å². The maximum absolute atomic E-state index is 12.3. The Labute approximate surface area is 164 Å². The van der Waals surface area contributed by atoms with Gasteiger partial charge in [-0.2, -0.15) is 8.42 Å². The summed E-state index contributed by atoms with van der Waals surface area (Å²) in [7, 11) is -3.89. The van der Waals surface area contributed by atoms with E-state index in [1.54, 1.807) is 37.3 Å². The van der Waals surface area contributed by atoms with Gasteiger partial charge in [-0.15, -0.1) is 0 Å². The fourth-order valence-electron chi connectivity index (χ4n) is 2.56. The van der Waals surface area contributed by atoms with Gasteiger partial charge >= 0.3 is 16.1 Å². The van der Waals surface area contributed by atoms with Crippen molar-refractivity contribution < 1.29 is 22.1 Å². The first-order valence-electron chi connectivity index (χ1n) is 8.76. The average molecular weight is 396 g/mol. The van der Waals surface area contributed by atoms with Crippen LogP contribution in [0.4, 0.5) is 0 Å². The van der Waals surface area contributed by atoms with Gasteiger partial charge in [0.05, 0.1) is 5.92 Å². The number of carbonyl (C=O) groups excluding carboxylic acids is 1. The van der Waals surface area contributed by atoms with Gasteiger partial charge < -0.3 is 8.92 Å². The number of hydrogen-bond donors (Lipinski definition) is 0. The molecule has 0 fully saturated rings. The number of hydrogen-bond acceptors (Lipinski definition) is 5. The first kappa shape index (κ1) is 19.6. The van der Waals surface area contributed by atoms with Crippen molar-refractivity contribution in [1.29, 1.82) is 0 Å². The molecule has 1 atom stereocenters. The number of esters is 1. The molecule has 0 saturated carbocycles. The highest BCUT2D eigenvalue weighted by atomic mass is 32.2. The second kappa shape index (κ2) is 8.71. The first-order chi connectivity index (χ1) is 13.5. The highest BCUT2D eigenvalue weighted by molar-refractivity contribution is 7.87. The smallest absolute Gasteiger partial charge is 0.339 e. The van der Waals surface area contributed by atoms with Crippen molar-refractivity contribution >= 4 is 16.1 Å². The molecule has 3 rings (SSSR count). The van der Waals surface area contributed by atoms with Crippen LogP contribution in [0.15, 0.2) is 89.8 Å². The summed E-state index contributed by atoms with van der Waals surface area (Å²) >= 11 is 0. The molecular formula is C22H20O5S. The molecule has 1 unspecified atom stereocenters. The van der Waals surface area contributed by atoms with Crippen LogP contribution in [-0.2, 0) is 26.3 Å². The fraction of sp³-hybridized carbons (Fsp3) is 0.136. The Hall–Kier alpha value is -3.12. The summed E-state index contributed by atoms with van der Waals surface area (Å²) in [5, 5.41) is 0. The van der Waals surface area contributed by atoms with E-state index < -0.39 is 16.0 Å². The Morgan fingerprint density at radius 2 is 1.43 bits per heavy atom. The Kier molecular flexibility index (Phi) is 6.11. The average Bonchev–Trinajstić information content (AvgIpc) is 2.73. The first-order valence-corrected chi connectivity index (χ1v) is 10.2. The molecule has 0 spiro atoms. The Balaban J connectivity index is 1.62. The maximum atomic E-state index is 12.3. The minimum Gasteiger partial charge on any atom is -0.460 e. The summed E-state index contributed by atoms with van der Waals surface area (Å²) in [6.45, 7) is 1.95. The zero-order valence-corrected chi connectivity index (χ0v) is 16.1. The standard InChI is InChI=1S/C22H20O5S/c1-17(22(23)26-16-18-8-4-2-5-9-18)19-12-14-20(15-13-19)27-28(24,25)21-10-6-3-7-11-21/h2-15,17H,16H2,1H3. The largest absolute Gasteiger partial charge is 0.460 e. The molecule has 28 heavy (non-hydrogen) atoms. The van der Waals surface area contributed by atoms with E-state index in [4.69, 9.17) is 8.92 Å². The van der Waals surface area contributed by atoms with Crippen LogP contribution in [0.2, 0.25) is 0 Å². The van der Waals surface area contributed by atoms with Gasteiger partial charge in [-0.05, 0) is 42.3 Å². The monoisotopic (exact) mass is 396 g/mol. The van der Waals surface area contributed by atoms with Gasteiger partial charge in [0.15, 0.2) is 0 Å². The molecular weight excluding hydrogens is 376 g/mol. The van der Waals surface area contributed by atoms with Crippen LogP contribution in [0.25, 0.3) is 0 Å². The molecule has 0 saturated heterocycles. The molecule has 3 aromatic carbocycles. The molecule has 0 aromatic heterocycles. The molecule has 0 bridgehead atoms. The van der Waals surface area contributed by atoms with Gasteiger partial charge in [0.25, 0.3) is 0 Å². The minimum atomic E-state index is -3.89. The third-order valence-electron chi connectivity index (χ3n) is 4.20. The molecule has 0 aliphatic carbocycles. The molecule has 0 N–H and O–H groups in total. The Morgan fingerprint density at radius 1 is 0.857 bits per heavy atom. The summed E-state index contributed by atoms with van der Waals surface area (Å²) in [6, 6.07) is 23.7. The normalized spacial score (nSPS) is 12.2. The lowest BCUT2D eigenvalue weighted by Crippen LogP contribution is -2.13. The molecule has 5 nitrogen and oxygen atoms in total. The van der Waals surface area contributed by atoms with Crippen molar-refractivity contribution in [1.82, 2.24) is 0 Å². The predicted octanol–water partition coefficient (Wildman–Crippen LogP) is 4.30. The third kappa shape index (κ3) is 4.98. The quantitative estimate of drug-likeness (QED) is 0.440. The van der Waals surface area contributed by atoms with Crippen LogP contribution >= 0.6 is 0 Å². The Morgan fingerprint density at radius 3 is 2.04 bits per heavy atom. The van der Waals surface area contributed by atoms with Crippen LogP contribution in [-0.4, -0.2) is 14.4 Å². The number of carbonyl (C=O) groups is 1. The van der Waals surface area contributed by atoms with Gasteiger partial charge in [-0.1, -0.05) is 60.7 Å². The number of rotatable bonds is 7. The van der Waals surface area contributed by atoms with E-state index in [1.165, 1.54) is 24.3 Å². The van der Waals surface area contributed by atoms with Crippen molar-refractivity contribution in [2.75, 3.05) is 0 Å². The SMILES string of the molecule is CC(C(=O)OCc1ccccc1)c1ccc(OS(=O)(=O)c2ccccc2)cc1. The lowest BCUT2D eigenvalue weighted by atomic mass is 10.0. The van der Waals surface area contributed by atoms with Crippen molar-refractivity contribution in [3.8, 4) is 5.75 Å². The Bertz CT molecular complexity index is 1010. The molecule has 0 radical (unpaired) electrons. The van der Waals surface area contributed by atoms with E-state index >= 15 is 0 Å². The number of ether oxygens (including phenoxy) is 1.